The van der Waals surface area contributed by atoms with Crippen LogP contribution in [0.5, 0.6) is 0 Å². The van der Waals surface area contributed by atoms with Gasteiger partial charge in [0.05, 0.1) is 0 Å². The van der Waals surface area contributed by atoms with E-state index in [-0.39, 0.29) is 0 Å². The van der Waals surface area contributed by atoms with Gasteiger partial charge in [0, 0.05) is 6.42 Å². The van der Waals surface area contributed by atoms with E-state index >= 15 is 0 Å². The maximum absolute atomic E-state index is 3.05. The van der Waals surface area contributed by atoms with E-state index in [0.717, 1.165) is 6.42 Å². The summed E-state index contributed by atoms with van der Waals surface area (Å²) in [5.74, 6) is 6.01. The average Bonchev–Trinajstić information content (AvgIpc) is 1.62. The lowest BCUT2D eigenvalue weighted by Crippen LogP contribution is -1.74. The van der Waals surface area contributed by atoms with E-state index in [9.17, 15) is 0 Å². The Morgan fingerprint density at radius 1 is 1.25 bits per heavy atom. The maximum atomic E-state index is 3.05. The third kappa shape index (κ3) is 1.84. The Bertz CT molecular complexity index is 132. The molecular formula is C8H10. The molecule has 1 aliphatic rings. The number of hydrogen-bond donors (Lipinski definition) is 0. The van der Waals surface area contributed by atoms with Gasteiger partial charge in [0.25, 0.3) is 0 Å². The second-order valence-electron chi connectivity index (χ2n) is 1.97. The third-order valence-corrected chi connectivity index (χ3v) is 1.23. The number of allylic oxidation sites excluding steroid dienone is 2. The van der Waals surface area contributed by atoms with Gasteiger partial charge < -0.3 is 0 Å². The molecule has 0 aliphatic heterocycles. The molecule has 0 saturated heterocycles. The quantitative estimate of drug-likeness (QED) is 0.415. The van der Waals surface area contributed by atoms with Gasteiger partial charge in [0.1, 0.15) is 0 Å². The van der Waals surface area contributed by atoms with Gasteiger partial charge in [0.15, 0.2) is 0 Å². The molecule has 0 amide bonds. The van der Waals surface area contributed by atoms with E-state index in [1.54, 1.807) is 0 Å². The summed E-state index contributed by atoms with van der Waals surface area (Å²) >= 11 is 0. The molecule has 0 fully saturated rings. The Morgan fingerprint density at radius 2 is 2.25 bits per heavy atom. The van der Waals surface area contributed by atoms with Crippen LogP contribution in [0.3, 0.4) is 0 Å². The molecule has 0 nitrogen and oxygen atoms in total. The van der Waals surface area contributed by atoms with Crippen LogP contribution in [0.15, 0.2) is 12.2 Å². The van der Waals surface area contributed by atoms with E-state index in [2.05, 4.69) is 17.9 Å². The van der Waals surface area contributed by atoms with Gasteiger partial charge in [-0.2, -0.15) is 0 Å². The van der Waals surface area contributed by atoms with Crippen molar-refractivity contribution in [2.24, 2.45) is 0 Å². The van der Waals surface area contributed by atoms with Crippen molar-refractivity contribution in [1.29, 1.82) is 0 Å². The van der Waals surface area contributed by atoms with Crippen molar-refractivity contribution in [3.8, 4) is 11.8 Å². The molecule has 0 saturated carbocycles. The first kappa shape index (κ1) is 5.44. The molecule has 0 heterocycles. The highest BCUT2D eigenvalue weighted by molar-refractivity contribution is 5.15. The summed E-state index contributed by atoms with van der Waals surface area (Å²) < 4.78 is 0. The number of hydrogen-bond acceptors (Lipinski definition) is 0. The van der Waals surface area contributed by atoms with Gasteiger partial charge in [-0.05, 0) is 25.3 Å². The van der Waals surface area contributed by atoms with Gasteiger partial charge in [0.2, 0.25) is 0 Å². The van der Waals surface area contributed by atoms with Crippen molar-refractivity contribution >= 4 is 0 Å². The Kier molecular flexibility index (Phi) is 2.26. The Balaban J connectivity index is 2.41. The van der Waals surface area contributed by atoms with Gasteiger partial charge in [-0.15, -0.1) is 0 Å². The molecule has 0 spiro atoms. The molecule has 0 N–H and O–H groups in total. The summed E-state index contributed by atoms with van der Waals surface area (Å²) in [5, 5.41) is 0. The Hall–Kier alpha value is -0.700. The van der Waals surface area contributed by atoms with Gasteiger partial charge >= 0.3 is 0 Å². The summed E-state index contributed by atoms with van der Waals surface area (Å²) in [4.78, 5) is 0. The first-order chi connectivity index (χ1) is 4.00. The summed E-state index contributed by atoms with van der Waals surface area (Å²) in [7, 11) is 0. The lowest BCUT2D eigenvalue weighted by atomic mass is 10.1. The fraction of sp³-hybridized carbons (Fsp3) is 0.500. The molecule has 42 valence electrons. The maximum Gasteiger partial charge on any atom is 0.00923 e. The minimum Gasteiger partial charge on any atom is -0.0985 e. The lowest BCUT2D eigenvalue weighted by Gasteiger charge is -1.91. The zero-order valence-electron chi connectivity index (χ0n) is 4.98. The summed E-state index contributed by atoms with van der Waals surface area (Å²) in [5.41, 5.74) is 0. The summed E-state index contributed by atoms with van der Waals surface area (Å²) in [6, 6.07) is 0. The van der Waals surface area contributed by atoms with Crippen LogP contribution in [-0.4, -0.2) is 0 Å². The summed E-state index contributed by atoms with van der Waals surface area (Å²) in [6.45, 7) is 0. The standard InChI is InChI=1S/C8H10/c1-2-4-6-8-7-5-3-1/h1-2H,3,5,7-8H2. The highest BCUT2D eigenvalue weighted by atomic mass is 13.9. The minimum absolute atomic E-state index is 1.09. The summed E-state index contributed by atoms with van der Waals surface area (Å²) in [6.07, 6.45) is 8.99. The van der Waals surface area contributed by atoms with Crippen LogP contribution in [0.4, 0.5) is 0 Å². The van der Waals surface area contributed by atoms with Crippen molar-refractivity contribution in [2.75, 3.05) is 0 Å². The molecule has 0 aromatic heterocycles. The van der Waals surface area contributed by atoms with Crippen LogP contribution in [-0.2, 0) is 0 Å². The Morgan fingerprint density at radius 3 is 3.25 bits per heavy atom. The van der Waals surface area contributed by atoms with E-state index in [1.807, 2.05) is 6.08 Å². The SMILES string of the molecule is C1#CCCCCC=C1. The zero-order valence-corrected chi connectivity index (χ0v) is 4.98. The lowest BCUT2D eigenvalue weighted by molar-refractivity contribution is 0.770. The van der Waals surface area contributed by atoms with Crippen molar-refractivity contribution in [3.05, 3.63) is 12.2 Å². The predicted molar refractivity (Wildman–Crippen MR) is 35.4 cm³/mol. The topological polar surface area (TPSA) is 0 Å². The molecule has 0 heteroatoms. The van der Waals surface area contributed by atoms with E-state index in [0.29, 0.717) is 0 Å². The number of rotatable bonds is 0. The highest BCUT2D eigenvalue weighted by Gasteiger charge is 1.83. The molecule has 8 heavy (non-hydrogen) atoms. The van der Waals surface area contributed by atoms with E-state index in [1.165, 1.54) is 19.3 Å². The van der Waals surface area contributed by atoms with Crippen LogP contribution in [0.2, 0.25) is 0 Å². The fourth-order valence-corrected chi connectivity index (χ4v) is 0.749. The second-order valence-corrected chi connectivity index (χ2v) is 1.97. The monoisotopic (exact) mass is 106 g/mol. The first-order valence-electron chi connectivity index (χ1n) is 3.13. The van der Waals surface area contributed by atoms with Gasteiger partial charge in [-0.1, -0.05) is 17.9 Å². The molecule has 0 atom stereocenters. The molecule has 0 radical (unpaired) electrons. The van der Waals surface area contributed by atoms with Crippen LogP contribution < -0.4 is 0 Å². The molecule has 0 aromatic rings. The normalized spacial score (nSPS) is 18.0. The largest absolute Gasteiger partial charge is 0.0985 e. The van der Waals surface area contributed by atoms with Crippen molar-refractivity contribution in [3.63, 3.8) is 0 Å². The van der Waals surface area contributed by atoms with E-state index < -0.39 is 0 Å². The van der Waals surface area contributed by atoms with Crippen molar-refractivity contribution < 1.29 is 0 Å². The predicted octanol–water partition coefficient (Wildman–Crippen LogP) is 2.12. The van der Waals surface area contributed by atoms with Crippen LogP contribution in [0.1, 0.15) is 25.7 Å². The molecule has 1 aliphatic carbocycles. The molecule has 0 unspecified atom stereocenters. The molecule has 1 rings (SSSR count). The van der Waals surface area contributed by atoms with Crippen molar-refractivity contribution in [2.45, 2.75) is 25.7 Å². The van der Waals surface area contributed by atoms with Gasteiger partial charge in [-0.3, -0.25) is 0 Å². The van der Waals surface area contributed by atoms with Crippen molar-refractivity contribution in [1.82, 2.24) is 0 Å². The van der Waals surface area contributed by atoms with Crippen LogP contribution in [0.25, 0.3) is 0 Å². The Labute approximate surface area is 50.6 Å². The first-order valence-corrected chi connectivity index (χ1v) is 3.13. The fourth-order valence-electron chi connectivity index (χ4n) is 0.749. The second kappa shape index (κ2) is 3.32. The minimum atomic E-state index is 1.09. The van der Waals surface area contributed by atoms with Crippen LogP contribution >= 0.6 is 0 Å². The third-order valence-electron chi connectivity index (χ3n) is 1.23. The van der Waals surface area contributed by atoms with Crippen LogP contribution in [0, 0.1) is 11.8 Å². The zero-order chi connectivity index (χ0) is 5.66. The highest BCUT2D eigenvalue weighted by Crippen LogP contribution is 2.01. The molecule has 0 bridgehead atoms. The smallest absolute Gasteiger partial charge is 0.00923 e. The molecule has 0 aromatic carbocycles. The van der Waals surface area contributed by atoms with Gasteiger partial charge in [-0.25, -0.2) is 0 Å². The average molecular weight is 106 g/mol. The van der Waals surface area contributed by atoms with E-state index in [4.69, 9.17) is 0 Å². The molecular weight excluding hydrogens is 96.1 g/mol.